The quantitative estimate of drug-likeness (QED) is 0.714. The van der Waals surface area contributed by atoms with Gasteiger partial charge in [-0.05, 0) is 31.0 Å². The molecule has 3 aliphatic rings. The third kappa shape index (κ3) is 2.61. The first-order valence-electron chi connectivity index (χ1n) is 10.1. The highest BCUT2D eigenvalue weighted by atomic mass is 16.5. The average Bonchev–Trinajstić information content (AvgIpc) is 3.54. The van der Waals surface area contributed by atoms with Crippen LogP contribution >= 0.6 is 0 Å². The van der Waals surface area contributed by atoms with Gasteiger partial charge in [0.2, 0.25) is 11.6 Å². The van der Waals surface area contributed by atoms with Crippen LogP contribution in [0, 0.1) is 0 Å². The predicted octanol–water partition coefficient (Wildman–Crippen LogP) is 2.88. The van der Waals surface area contributed by atoms with E-state index in [0.29, 0.717) is 17.0 Å². The van der Waals surface area contributed by atoms with Gasteiger partial charge in [0.1, 0.15) is 12.4 Å². The van der Waals surface area contributed by atoms with Crippen molar-refractivity contribution in [1.82, 2.24) is 4.90 Å². The van der Waals surface area contributed by atoms with Gasteiger partial charge in [0, 0.05) is 24.4 Å². The number of benzene rings is 2. The lowest BCUT2D eigenvalue weighted by Gasteiger charge is -2.48. The summed E-state index contributed by atoms with van der Waals surface area (Å²) in [6, 6.07) is 14.2. The molecule has 5 rings (SSSR count). The fraction of sp³-hybridized carbons (Fsp3) is 0.348. The van der Waals surface area contributed by atoms with E-state index in [-0.39, 0.29) is 37.3 Å². The van der Waals surface area contributed by atoms with Gasteiger partial charge in [-0.15, -0.1) is 0 Å². The van der Waals surface area contributed by atoms with E-state index in [1.54, 1.807) is 42.3 Å². The number of methoxy groups -OCH3 is 1. The molecule has 154 valence electrons. The van der Waals surface area contributed by atoms with Gasteiger partial charge in [-0.3, -0.25) is 14.5 Å². The molecule has 2 heterocycles. The molecule has 0 bridgehead atoms. The van der Waals surface area contributed by atoms with Crippen LogP contribution < -0.4 is 9.64 Å². The number of carbonyl (C=O) groups is 3. The van der Waals surface area contributed by atoms with E-state index in [1.165, 1.54) is 4.90 Å². The summed E-state index contributed by atoms with van der Waals surface area (Å²) in [5, 5.41) is 0. The number of esters is 1. The number of hydrogen-bond acceptors (Lipinski definition) is 5. The van der Waals surface area contributed by atoms with Gasteiger partial charge in [0.05, 0.1) is 18.4 Å². The Labute approximate surface area is 174 Å². The summed E-state index contributed by atoms with van der Waals surface area (Å²) >= 11 is 0. The zero-order chi connectivity index (χ0) is 20.9. The van der Waals surface area contributed by atoms with Crippen LogP contribution in [0.1, 0.15) is 41.6 Å². The second-order valence-corrected chi connectivity index (χ2v) is 7.86. The van der Waals surface area contributed by atoms with Crippen molar-refractivity contribution in [2.75, 3.05) is 12.0 Å². The third-order valence-corrected chi connectivity index (χ3v) is 6.09. The fourth-order valence-corrected chi connectivity index (χ4v) is 4.59. The van der Waals surface area contributed by atoms with Crippen molar-refractivity contribution >= 4 is 23.5 Å². The van der Waals surface area contributed by atoms with Crippen molar-refractivity contribution in [2.24, 2.45) is 0 Å². The molecule has 0 radical (unpaired) electrons. The number of ether oxygens (including phenoxy) is 2. The fourth-order valence-electron chi connectivity index (χ4n) is 4.59. The van der Waals surface area contributed by atoms with Gasteiger partial charge in [-0.25, -0.2) is 4.79 Å². The highest BCUT2D eigenvalue weighted by Crippen LogP contribution is 2.49. The number of nitrogens with zero attached hydrogens (tertiary/aromatic N) is 2. The first-order valence-corrected chi connectivity index (χ1v) is 10.1. The highest BCUT2D eigenvalue weighted by molar-refractivity contribution is 6.15. The van der Waals surface area contributed by atoms with Gasteiger partial charge in [-0.1, -0.05) is 30.3 Å². The lowest BCUT2D eigenvalue weighted by atomic mass is 9.96. The van der Waals surface area contributed by atoms with E-state index >= 15 is 0 Å². The van der Waals surface area contributed by atoms with Gasteiger partial charge in [0.15, 0.2) is 0 Å². The molecule has 30 heavy (non-hydrogen) atoms. The van der Waals surface area contributed by atoms with E-state index in [0.717, 1.165) is 18.4 Å². The summed E-state index contributed by atoms with van der Waals surface area (Å²) in [6.07, 6.45) is 2.05. The Balaban J connectivity index is 1.55. The lowest BCUT2D eigenvalue weighted by Crippen LogP contribution is -2.69. The van der Waals surface area contributed by atoms with E-state index in [4.69, 9.17) is 9.47 Å². The number of fused-ring (bicyclic) bond motifs is 3. The smallest absolute Gasteiger partial charge is 0.354 e. The van der Waals surface area contributed by atoms with Gasteiger partial charge >= 0.3 is 5.97 Å². The SMILES string of the molecule is COc1ccccc1COC(=O)[C@@]12CCC(=O)N1c1ccccc1C(=O)N2C1CC1. The summed E-state index contributed by atoms with van der Waals surface area (Å²) in [7, 11) is 1.56. The Kier molecular flexibility index (Phi) is 4.27. The molecular formula is C23H22N2O5. The van der Waals surface area contributed by atoms with Gasteiger partial charge < -0.3 is 14.4 Å². The average molecular weight is 406 g/mol. The van der Waals surface area contributed by atoms with Crippen molar-refractivity contribution < 1.29 is 23.9 Å². The van der Waals surface area contributed by atoms with E-state index < -0.39 is 11.6 Å². The maximum absolute atomic E-state index is 13.6. The summed E-state index contributed by atoms with van der Waals surface area (Å²) in [4.78, 5) is 43.0. The van der Waals surface area contributed by atoms with Crippen molar-refractivity contribution in [2.45, 2.75) is 44.0 Å². The Morgan fingerprint density at radius 2 is 1.83 bits per heavy atom. The lowest BCUT2D eigenvalue weighted by molar-refractivity contribution is -0.159. The molecule has 1 atom stereocenters. The van der Waals surface area contributed by atoms with Crippen LogP contribution in [0.5, 0.6) is 5.75 Å². The number of amides is 2. The Morgan fingerprint density at radius 1 is 1.10 bits per heavy atom. The van der Waals surface area contributed by atoms with Crippen LogP contribution in [0.3, 0.4) is 0 Å². The zero-order valence-electron chi connectivity index (χ0n) is 16.7. The predicted molar refractivity (Wildman–Crippen MR) is 108 cm³/mol. The molecule has 2 aromatic carbocycles. The number of para-hydroxylation sites is 2. The van der Waals surface area contributed by atoms with E-state index in [1.807, 2.05) is 18.2 Å². The van der Waals surface area contributed by atoms with Crippen molar-refractivity contribution in [1.29, 1.82) is 0 Å². The minimum Gasteiger partial charge on any atom is -0.496 e. The first kappa shape index (κ1) is 18.7. The number of rotatable bonds is 5. The summed E-state index contributed by atoms with van der Waals surface area (Å²) in [5.74, 6) is -0.344. The molecule has 1 saturated carbocycles. The topological polar surface area (TPSA) is 76.1 Å². The Hall–Kier alpha value is -3.35. The molecule has 0 N–H and O–H groups in total. The highest BCUT2D eigenvalue weighted by Gasteiger charge is 2.64. The molecule has 0 spiro atoms. The zero-order valence-corrected chi connectivity index (χ0v) is 16.7. The van der Waals surface area contributed by atoms with E-state index in [2.05, 4.69) is 0 Å². The maximum Gasteiger partial charge on any atom is 0.354 e. The summed E-state index contributed by atoms with van der Waals surface area (Å²) < 4.78 is 11.1. The van der Waals surface area contributed by atoms with E-state index in [9.17, 15) is 14.4 Å². The molecule has 7 heteroatoms. The molecular weight excluding hydrogens is 384 g/mol. The minimum absolute atomic E-state index is 0.000963. The number of hydrogen-bond donors (Lipinski definition) is 0. The number of anilines is 1. The molecule has 0 unspecified atom stereocenters. The van der Waals surface area contributed by atoms with Crippen LogP contribution in [-0.2, 0) is 20.9 Å². The van der Waals surface area contributed by atoms with Crippen molar-refractivity contribution in [3.8, 4) is 5.75 Å². The Morgan fingerprint density at radius 3 is 2.60 bits per heavy atom. The standard InChI is InChI=1S/C23H22N2O5/c1-29-19-9-5-2-6-15(19)14-30-22(28)23-13-12-20(26)25(23)18-8-4-3-7-17(18)21(27)24(23)16-10-11-16/h2-9,16H,10-14H2,1H3/t23-/m1/s1. The van der Waals surface area contributed by atoms with Gasteiger partial charge in [0.25, 0.3) is 5.91 Å². The minimum atomic E-state index is -1.42. The molecule has 0 aromatic heterocycles. The molecule has 2 aliphatic heterocycles. The normalized spacial score (nSPS) is 22.6. The molecule has 2 fully saturated rings. The molecule has 2 aromatic rings. The third-order valence-electron chi connectivity index (χ3n) is 6.09. The molecule has 1 saturated heterocycles. The van der Waals surface area contributed by atoms with Crippen LogP contribution in [-0.4, -0.2) is 41.5 Å². The monoisotopic (exact) mass is 406 g/mol. The second-order valence-electron chi connectivity index (χ2n) is 7.86. The van der Waals surface area contributed by atoms with Crippen LogP contribution in [0.15, 0.2) is 48.5 Å². The van der Waals surface area contributed by atoms with Crippen molar-refractivity contribution in [3.63, 3.8) is 0 Å². The first-order chi connectivity index (χ1) is 14.6. The molecule has 1 aliphatic carbocycles. The van der Waals surface area contributed by atoms with Crippen molar-refractivity contribution in [3.05, 3.63) is 59.7 Å². The van der Waals surface area contributed by atoms with Crippen LogP contribution in [0.2, 0.25) is 0 Å². The van der Waals surface area contributed by atoms with Gasteiger partial charge in [-0.2, -0.15) is 0 Å². The van der Waals surface area contributed by atoms with Crippen LogP contribution in [0.25, 0.3) is 0 Å². The summed E-state index contributed by atoms with van der Waals surface area (Å²) in [6.45, 7) is 0.000963. The maximum atomic E-state index is 13.6. The second kappa shape index (κ2) is 6.86. The Bertz CT molecular complexity index is 1050. The summed E-state index contributed by atoms with van der Waals surface area (Å²) in [5.41, 5.74) is 0.233. The number of carbonyl (C=O) groups excluding carboxylic acids is 3. The molecule has 7 nitrogen and oxygen atoms in total. The molecule has 2 amide bonds. The largest absolute Gasteiger partial charge is 0.496 e. The van der Waals surface area contributed by atoms with Crippen LogP contribution in [0.4, 0.5) is 5.69 Å².